The van der Waals surface area contributed by atoms with Crippen molar-refractivity contribution in [3.8, 4) is 11.5 Å². The SMILES string of the molecule is COC(=O)c1ccc([C@H]2C(c3ccc(OC)cc3)=C(O)C(=O)N2Cc2ccccc2OC)cc1. The second-order valence-corrected chi connectivity index (χ2v) is 7.75. The van der Waals surface area contributed by atoms with E-state index in [-0.39, 0.29) is 12.3 Å². The van der Waals surface area contributed by atoms with Crippen LogP contribution in [0.2, 0.25) is 0 Å². The van der Waals surface area contributed by atoms with E-state index in [1.165, 1.54) is 7.11 Å². The summed E-state index contributed by atoms with van der Waals surface area (Å²) >= 11 is 0. The van der Waals surface area contributed by atoms with Crippen LogP contribution in [0.4, 0.5) is 0 Å². The molecule has 0 aliphatic carbocycles. The Labute approximate surface area is 197 Å². The molecule has 1 atom stereocenters. The normalized spacial score (nSPS) is 15.4. The van der Waals surface area contributed by atoms with Gasteiger partial charge in [0.2, 0.25) is 0 Å². The van der Waals surface area contributed by atoms with E-state index in [1.807, 2.05) is 24.3 Å². The molecule has 0 saturated carbocycles. The van der Waals surface area contributed by atoms with E-state index >= 15 is 0 Å². The van der Waals surface area contributed by atoms with Gasteiger partial charge in [0.1, 0.15) is 11.5 Å². The lowest BCUT2D eigenvalue weighted by atomic mass is 9.92. The van der Waals surface area contributed by atoms with Gasteiger partial charge in [-0.05, 0) is 41.5 Å². The minimum atomic E-state index is -0.586. The lowest BCUT2D eigenvalue weighted by Gasteiger charge is -2.28. The smallest absolute Gasteiger partial charge is 0.337 e. The van der Waals surface area contributed by atoms with Gasteiger partial charge in [0.25, 0.3) is 5.91 Å². The maximum atomic E-state index is 13.3. The van der Waals surface area contributed by atoms with E-state index in [1.54, 1.807) is 67.7 Å². The fraction of sp³-hybridized carbons (Fsp3) is 0.185. The third kappa shape index (κ3) is 4.20. The van der Waals surface area contributed by atoms with Gasteiger partial charge in [0, 0.05) is 11.1 Å². The van der Waals surface area contributed by atoms with Gasteiger partial charge in [0.15, 0.2) is 5.76 Å². The minimum Gasteiger partial charge on any atom is -0.503 e. The summed E-state index contributed by atoms with van der Waals surface area (Å²) in [7, 11) is 4.47. The molecule has 7 nitrogen and oxygen atoms in total. The van der Waals surface area contributed by atoms with Gasteiger partial charge < -0.3 is 24.2 Å². The van der Waals surface area contributed by atoms with E-state index in [9.17, 15) is 14.7 Å². The van der Waals surface area contributed by atoms with Crippen LogP contribution in [0.5, 0.6) is 11.5 Å². The maximum absolute atomic E-state index is 13.3. The lowest BCUT2D eigenvalue weighted by molar-refractivity contribution is -0.130. The maximum Gasteiger partial charge on any atom is 0.337 e. The molecule has 174 valence electrons. The van der Waals surface area contributed by atoms with Crippen LogP contribution in [0.15, 0.2) is 78.6 Å². The Bertz CT molecular complexity index is 1230. The molecule has 0 fully saturated rings. The molecule has 4 rings (SSSR count). The van der Waals surface area contributed by atoms with Crippen LogP contribution in [0.25, 0.3) is 5.57 Å². The fourth-order valence-electron chi connectivity index (χ4n) is 4.17. The van der Waals surface area contributed by atoms with Crippen molar-refractivity contribution in [1.29, 1.82) is 0 Å². The second-order valence-electron chi connectivity index (χ2n) is 7.75. The van der Waals surface area contributed by atoms with Crippen molar-refractivity contribution >= 4 is 17.4 Å². The average Bonchev–Trinajstić information content (AvgIpc) is 3.13. The summed E-state index contributed by atoms with van der Waals surface area (Å²) in [5.74, 6) is 0.0556. The van der Waals surface area contributed by atoms with Gasteiger partial charge in [-0.2, -0.15) is 0 Å². The predicted molar refractivity (Wildman–Crippen MR) is 127 cm³/mol. The van der Waals surface area contributed by atoms with Crippen molar-refractivity contribution in [3.63, 3.8) is 0 Å². The zero-order valence-electron chi connectivity index (χ0n) is 19.1. The van der Waals surface area contributed by atoms with Crippen molar-refractivity contribution < 1.29 is 28.9 Å². The molecule has 1 amide bonds. The van der Waals surface area contributed by atoms with Gasteiger partial charge in [0.05, 0.1) is 39.5 Å². The number of aliphatic hydroxyl groups excluding tert-OH is 1. The highest BCUT2D eigenvalue weighted by molar-refractivity contribution is 6.05. The molecule has 0 saturated heterocycles. The number of methoxy groups -OCH3 is 3. The standard InChI is InChI=1S/C27H25NO6/c1-32-21-14-12-17(13-15-21)23-24(18-8-10-19(11-9-18)27(31)34-3)28(26(30)25(23)29)16-20-6-4-5-7-22(20)33-2/h4-15,24,29H,16H2,1-3H3/t24-/m0/s1. The van der Waals surface area contributed by atoms with E-state index in [2.05, 4.69) is 0 Å². The molecule has 0 spiro atoms. The highest BCUT2D eigenvalue weighted by atomic mass is 16.5. The molecular weight excluding hydrogens is 434 g/mol. The largest absolute Gasteiger partial charge is 0.503 e. The first-order chi connectivity index (χ1) is 16.5. The van der Waals surface area contributed by atoms with Gasteiger partial charge in [-0.15, -0.1) is 0 Å². The predicted octanol–water partition coefficient (Wildman–Crippen LogP) is 4.54. The number of amides is 1. The molecular formula is C27H25NO6. The molecule has 1 aliphatic heterocycles. The number of carbonyl (C=O) groups is 2. The average molecular weight is 459 g/mol. The highest BCUT2D eigenvalue weighted by Gasteiger charge is 2.41. The third-order valence-corrected chi connectivity index (χ3v) is 5.89. The molecule has 0 radical (unpaired) electrons. The number of hydrogen-bond acceptors (Lipinski definition) is 6. The van der Waals surface area contributed by atoms with Gasteiger partial charge in [-0.3, -0.25) is 4.79 Å². The number of ether oxygens (including phenoxy) is 3. The number of carbonyl (C=O) groups excluding carboxylic acids is 2. The van der Waals surface area contributed by atoms with Crippen molar-refractivity contribution in [1.82, 2.24) is 4.90 Å². The van der Waals surface area contributed by atoms with Crippen LogP contribution < -0.4 is 9.47 Å². The summed E-state index contributed by atoms with van der Waals surface area (Å²) in [4.78, 5) is 26.8. The lowest BCUT2D eigenvalue weighted by Crippen LogP contribution is -2.30. The van der Waals surface area contributed by atoms with Crippen LogP contribution >= 0.6 is 0 Å². The number of hydrogen-bond donors (Lipinski definition) is 1. The van der Waals surface area contributed by atoms with Gasteiger partial charge in [-0.25, -0.2) is 4.79 Å². The Balaban J connectivity index is 1.80. The summed E-state index contributed by atoms with van der Waals surface area (Å²) in [5, 5.41) is 11.0. The van der Waals surface area contributed by atoms with E-state index in [0.717, 1.165) is 11.1 Å². The minimum absolute atomic E-state index is 0.218. The molecule has 1 heterocycles. The zero-order valence-corrected chi connectivity index (χ0v) is 19.1. The summed E-state index contributed by atoms with van der Waals surface area (Å²) in [6.07, 6.45) is 0. The Kier molecular flexibility index (Phi) is 6.54. The van der Waals surface area contributed by atoms with Crippen LogP contribution in [0, 0.1) is 0 Å². The Morgan fingerprint density at radius 1 is 0.912 bits per heavy atom. The van der Waals surface area contributed by atoms with Crippen molar-refractivity contribution in [2.75, 3.05) is 21.3 Å². The number of benzene rings is 3. The van der Waals surface area contributed by atoms with Crippen molar-refractivity contribution in [2.45, 2.75) is 12.6 Å². The van der Waals surface area contributed by atoms with Crippen molar-refractivity contribution in [3.05, 3.63) is 101 Å². The highest BCUT2D eigenvalue weighted by Crippen LogP contribution is 2.44. The molecule has 1 N–H and O–H groups in total. The first kappa shape index (κ1) is 22.9. The van der Waals surface area contributed by atoms with Crippen LogP contribution in [0.3, 0.4) is 0 Å². The van der Waals surface area contributed by atoms with E-state index < -0.39 is 17.9 Å². The van der Waals surface area contributed by atoms with Crippen molar-refractivity contribution in [2.24, 2.45) is 0 Å². The third-order valence-electron chi connectivity index (χ3n) is 5.89. The summed E-state index contributed by atoms with van der Waals surface area (Å²) in [6, 6.07) is 20.8. The van der Waals surface area contributed by atoms with Crippen LogP contribution in [-0.2, 0) is 16.1 Å². The number of rotatable bonds is 7. The molecule has 0 unspecified atom stereocenters. The van der Waals surface area contributed by atoms with Crippen LogP contribution in [-0.4, -0.2) is 43.2 Å². The molecule has 3 aromatic carbocycles. The first-order valence-electron chi connectivity index (χ1n) is 10.7. The van der Waals surface area contributed by atoms with Gasteiger partial charge >= 0.3 is 5.97 Å². The second kappa shape index (κ2) is 9.70. The Hall–Kier alpha value is -4.26. The summed E-state index contributed by atoms with van der Waals surface area (Å²) in [5.41, 5.74) is 3.11. The van der Waals surface area contributed by atoms with E-state index in [0.29, 0.717) is 28.2 Å². The van der Waals surface area contributed by atoms with Crippen LogP contribution in [0.1, 0.15) is 33.1 Å². The quantitative estimate of drug-likeness (QED) is 0.522. The van der Waals surface area contributed by atoms with E-state index in [4.69, 9.17) is 14.2 Å². The number of aliphatic hydroxyl groups is 1. The molecule has 0 aromatic heterocycles. The number of nitrogens with zero attached hydrogens (tertiary/aromatic N) is 1. The Morgan fingerprint density at radius 2 is 1.59 bits per heavy atom. The zero-order chi connectivity index (χ0) is 24.2. The Morgan fingerprint density at radius 3 is 2.21 bits per heavy atom. The monoisotopic (exact) mass is 459 g/mol. The first-order valence-corrected chi connectivity index (χ1v) is 10.7. The molecule has 3 aromatic rings. The molecule has 1 aliphatic rings. The fourth-order valence-corrected chi connectivity index (χ4v) is 4.17. The topological polar surface area (TPSA) is 85.3 Å². The molecule has 7 heteroatoms. The summed E-state index contributed by atoms with van der Waals surface area (Å²) in [6.45, 7) is 0.218. The molecule has 0 bridgehead atoms. The number of esters is 1. The van der Waals surface area contributed by atoms with Gasteiger partial charge in [-0.1, -0.05) is 42.5 Å². The summed E-state index contributed by atoms with van der Waals surface area (Å²) < 4.78 is 15.5. The molecule has 34 heavy (non-hydrogen) atoms. The number of para-hydroxylation sites is 1.